The van der Waals surface area contributed by atoms with Crippen LogP contribution in [-0.4, -0.2) is 49.4 Å². The standard InChI is InChI=1S/C12H21N3OS/c1-5-15(8-6-7-14(3)4)12-13-11(9-17-12)10(2)16/h9H,5-8H2,1-4H3. The largest absolute Gasteiger partial charge is 0.348 e. The molecule has 1 rings (SSSR count). The van der Waals surface area contributed by atoms with Crippen LogP contribution in [0.5, 0.6) is 0 Å². The van der Waals surface area contributed by atoms with Gasteiger partial charge in [0, 0.05) is 25.4 Å². The molecule has 0 saturated heterocycles. The number of carbonyl (C=O) groups excluding carboxylic acids is 1. The van der Waals surface area contributed by atoms with Gasteiger partial charge >= 0.3 is 0 Å². The average molecular weight is 255 g/mol. The Morgan fingerprint density at radius 1 is 1.41 bits per heavy atom. The zero-order chi connectivity index (χ0) is 12.8. The number of thiazole rings is 1. The van der Waals surface area contributed by atoms with E-state index >= 15 is 0 Å². The van der Waals surface area contributed by atoms with E-state index in [0.717, 1.165) is 31.2 Å². The van der Waals surface area contributed by atoms with E-state index in [-0.39, 0.29) is 5.78 Å². The molecule has 96 valence electrons. The van der Waals surface area contributed by atoms with Crippen LogP contribution >= 0.6 is 11.3 Å². The van der Waals surface area contributed by atoms with Crippen molar-refractivity contribution in [3.8, 4) is 0 Å². The third kappa shape index (κ3) is 4.44. The molecule has 1 aromatic rings. The van der Waals surface area contributed by atoms with Crippen molar-refractivity contribution in [3.05, 3.63) is 11.1 Å². The molecule has 0 N–H and O–H groups in total. The summed E-state index contributed by atoms with van der Waals surface area (Å²) in [5.74, 6) is 0.0387. The minimum Gasteiger partial charge on any atom is -0.348 e. The van der Waals surface area contributed by atoms with Crippen LogP contribution in [0.25, 0.3) is 0 Å². The number of anilines is 1. The van der Waals surface area contributed by atoms with Crippen LogP contribution in [-0.2, 0) is 0 Å². The Bertz CT molecular complexity index is 362. The number of aromatic nitrogens is 1. The second-order valence-corrected chi connectivity index (χ2v) is 5.14. The maximum Gasteiger partial charge on any atom is 0.185 e. The first-order valence-electron chi connectivity index (χ1n) is 5.90. The first kappa shape index (κ1) is 14.1. The van der Waals surface area contributed by atoms with E-state index in [9.17, 15) is 4.79 Å². The number of rotatable bonds is 7. The van der Waals surface area contributed by atoms with Gasteiger partial charge in [-0.15, -0.1) is 11.3 Å². The molecule has 0 amide bonds. The predicted octanol–water partition coefficient (Wildman–Crippen LogP) is 2.12. The Hall–Kier alpha value is -0.940. The smallest absolute Gasteiger partial charge is 0.185 e. The quantitative estimate of drug-likeness (QED) is 0.699. The summed E-state index contributed by atoms with van der Waals surface area (Å²) in [5.41, 5.74) is 0.580. The van der Waals surface area contributed by atoms with Gasteiger partial charge in [0.2, 0.25) is 0 Å². The van der Waals surface area contributed by atoms with E-state index in [1.54, 1.807) is 18.3 Å². The van der Waals surface area contributed by atoms with Crippen molar-refractivity contribution in [1.29, 1.82) is 0 Å². The van der Waals surface area contributed by atoms with Crippen molar-refractivity contribution in [2.45, 2.75) is 20.3 Å². The topological polar surface area (TPSA) is 36.4 Å². The minimum atomic E-state index is 0.0387. The molecular formula is C12H21N3OS. The SMILES string of the molecule is CCN(CCCN(C)C)c1nc(C(C)=O)cs1. The van der Waals surface area contributed by atoms with Crippen LogP contribution in [0.1, 0.15) is 30.8 Å². The molecule has 1 heterocycles. The molecule has 0 atom stereocenters. The first-order valence-corrected chi connectivity index (χ1v) is 6.78. The molecule has 0 saturated carbocycles. The van der Waals surface area contributed by atoms with Crippen LogP contribution in [0.4, 0.5) is 5.13 Å². The van der Waals surface area contributed by atoms with Gasteiger partial charge in [-0.05, 0) is 34.0 Å². The summed E-state index contributed by atoms with van der Waals surface area (Å²) in [6.45, 7) is 6.66. The highest BCUT2D eigenvalue weighted by Gasteiger charge is 2.11. The van der Waals surface area contributed by atoms with Gasteiger partial charge in [-0.25, -0.2) is 4.98 Å². The van der Waals surface area contributed by atoms with Gasteiger partial charge in [-0.3, -0.25) is 4.79 Å². The Kier molecular flexibility index (Phi) is 5.58. The fraction of sp³-hybridized carbons (Fsp3) is 0.667. The van der Waals surface area contributed by atoms with Crippen LogP contribution in [0, 0.1) is 0 Å². The van der Waals surface area contributed by atoms with Gasteiger partial charge in [0.1, 0.15) is 5.69 Å². The van der Waals surface area contributed by atoms with E-state index < -0.39 is 0 Å². The first-order chi connectivity index (χ1) is 8.04. The van der Waals surface area contributed by atoms with Crippen LogP contribution < -0.4 is 4.90 Å². The summed E-state index contributed by atoms with van der Waals surface area (Å²) in [7, 11) is 4.15. The summed E-state index contributed by atoms with van der Waals surface area (Å²) in [6.07, 6.45) is 1.11. The molecule has 0 aromatic carbocycles. The molecule has 5 heteroatoms. The summed E-state index contributed by atoms with van der Waals surface area (Å²) < 4.78 is 0. The van der Waals surface area contributed by atoms with E-state index in [4.69, 9.17) is 0 Å². The second kappa shape index (κ2) is 6.71. The van der Waals surface area contributed by atoms with Crippen molar-refractivity contribution in [1.82, 2.24) is 9.88 Å². The number of carbonyl (C=O) groups is 1. The molecule has 0 aliphatic rings. The van der Waals surface area contributed by atoms with Gasteiger partial charge in [0.05, 0.1) is 0 Å². The summed E-state index contributed by atoms with van der Waals surface area (Å²) >= 11 is 1.55. The Morgan fingerprint density at radius 2 is 2.12 bits per heavy atom. The molecule has 0 fully saturated rings. The van der Waals surface area contributed by atoms with Crippen LogP contribution in [0.3, 0.4) is 0 Å². The molecule has 0 bridgehead atoms. The zero-order valence-electron chi connectivity index (χ0n) is 11.1. The fourth-order valence-electron chi connectivity index (χ4n) is 1.54. The summed E-state index contributed by atoms with van der Waals surface area (Å²) in [4.78, 5) is 20.0. The Balaban J connectivity index is 2.56. The van der Waals surface area contributed by atoms with Gasteiger partial charge in [-0.2, -0.15) is 0 Å². The summed E-state index contributed by atoms with van der Waals surface area (Å²) in [6, 6.07) is 0. The van der Waals surface area contributed by atoms with E-state index in [1.165, 1.54) is 0 Å². The van der Waals surface area contributed by atoms with Gasteiger partial charge in [0.15, 0.2) is 10.9 Å². The van der Waals surface area contributed by atoms with Gasteiger partial charge in [-0.1, -0.05) is 0 Å². The van der Waals surface area contributed by atoms with Crippen molar-refractivity contribution in [2.75, 3.05) is 38.6 Å². The maximum atomic E-state index is 11.2. The highest BCUT2D eigenvalue weighted by Crippen LogP contribution is 2.20. The molecule has 0 aliphatic heterocycles. The normalized spacial score (nSPS) is 10.9. The van der Waals surface area contributed by atoms with Crippen LogP contribution in [0.2, 0.25) is 0 Å². The average Bonchev–Trinajstić information content (AvgIpc) is 2.73. The van der Waals surface area contributed by atoms with Crippen molar-refractivity contribution < 1.29 is 4.79 Å². The Labute approximate surface area is 107 Å². The molecule has 0 radical (unpaired) electrons. The lowest BCUT2D eigenvalue weighted by molar-refractivity contribution is 0.101. The number of hydrogen-bond acceptors (Lipinski definition) is 5. The van der Waals surface area contributed by atoms with Gasteiger partial charge < -0.3 is 9.80 Å². The molecule has 0 unspecified atom stereocenters. The van der Waals surface area contributed by atoms with E-state index in [2.05, 4.69) is 35.8 Å². The zero-order valence-corrected chi connectivity index (χ0v) is 11.9. The fourth-order valence-corrected chi connectivity index (χ4v) is 2.49. The number of Topliss-reactive ketones (excluding diaryl/α,β-unsaturated/α-hetero) is 1. The summed E-state index contributed by atoms with van der Waals surface area (Å²) in [5, 5.41) is 2.79. The lowest BCUT2D eigenvalue weighted by Crippen LogP contribution is -2.26. The Morgan fingerprint density at radius 3 is 2.59 bits per heavy atom. The molecule has 4 nitrogen and oxygen atoms in total. The third-order valence-corrected chi connectivity index (χ3v) is 3.44. The minimum absolute atomic E-state index is 0.0387. The number of hydrogen-bond donors (Lipinski definition) is 0. The predicted molar refractivity (Wildman–Crippen MR) is 73.2 cm³/mol. The highest BCUT2D eigenvalue weighted by atomic mass is 32.1. The van der Waals surface area contributed by atoms with Crippen LogP contribution in [0.15, 0.2) is 5.38 Å². The van der Waals surface area contributed by atoms with Crippen molar-refractivity contribution in [2.24, 2.45) is 0 Å². The lowest BCUT2D eigenvalue weighted by atomic mass is 10.3. The molecule has 0 aliphatic carbocycles. The molecular weight excluding hydrogens is 234 g/mol. The number of nitrogens with zero attached hydrogens (tertiary/aromatic N) is 3. The van der Waals surface area contributed by atoms with Crippen molar-refractivity contribution >= 4 is 22.3 Å². The lowest BCUT2D eigenvalue weighted by Gasteiger charge is -2.20. The maximum absolute atomic E-state index is 11.2. The third-order valence-electron chi connectivity index (χ3n) is 2.54. The van der Waals surface area contributed by atoms with E-state index in [0.29, 0.717) is 5.69 Å². The number of ketones is 1. The molecule has 1 aromatic heterocycles. The highest BCUT2D eigenvalue weighted by molar-refractivity contribution is 7.13. The second-order valence-electron chi connectivity index (χ2n) is 4.31. The monoisotopic (exact) mass is 255 g/mol. The molecule has 0 spiro atoms. The van der Waals surface area contributed by atoms with Gasteiger partial charge in [0.25, 0.3) is 0 Å². The molecule has 17 heavy (non-hydrogen) atoms. The van der Waals surface area contributed by atoms with E-state index in [1.807, 2.05) is 5.38 Å². The van der Waals surface area contributed by atoms with Crippen molar-refractivity contribution in [3.63, 3.8) is 0 Å².